The molecule has 1 aromatic carbocycles. The van der Waals surface area contributed by atoms with Gasteiger partial charge >= 0.3 is 0 Å². The van der Waals surface area contributed by atoms with Gasteiger partial charge in [0.15, 0.2) is 0 Å². The van der Waals surface area contributed by atoms with Gasteiger partial charge in [0.1, 0.15) is 17.7 Å². The number of carbonyl (C=O) groups is 2. The molecule has 2 aliphatic heterocycles. The van der Waals surface area contributed by atoms with Gasteiger partial charge in [-0.3, -0.25) is 9.59 Å². The Morgan fingerprint density at radius 1 is 1.20 bits per heavy atom. The number of hydrogen-bond donors (Lipinski definition) is 0. The second kappa shape index (κ2) is 6.32. The number of likely N-dealkylation sites (tertiary alicyclic amines) is 1. The lowest BCUT2D eigenvalue weighted by molar-refractivity contribution is -0.135. The minimum Gasteiger partial charge on any atom is -0.485 e. The fraction of sp³-hybridized carbons (Fsp3) is 0.579. The van der Waals surface area contributed by atoms with Crippen LogP contribution in [0.2, 0.25) is 0 Å². The molecule has 4 rings (SSSR count). The first-order valence-electron chi connectivity index (χ1n) is 9.07. The summed E-state index contributed by atoms with van der Waals surface area (Å²) in [6.07, 6.45) is 5.02. The van der Waals surface area contributed by atoms with E-state index in [0.717, 1.165) is 25.7 Å². The van der Waals surface area contributed by atoms with Crippen LogP contribution in [-0.4, -0.2) is 53.9 Å². The van der Waals surface area contributed by atoms with E-state index in [1.165, 1.54) is 24.6 Å². The molecule has 2 heterocycles. The number of halogens is 1. The highest BCUT2D eigenvalue weighted by Gasteiger charge is 2.44. The zero-order chi connectivity index (χ0) is 17.6. The summed E-state index contributed by atoms with van der Waals surface area (Å²) < 4.78 is 19.5. The van der Waals surface area contributed by atoms with Gasteiger partial charge in [0.25, 0.3) is 5.91 Å². The maximum Gasteiger partial charge on any atom is 0.257 e. The van der Waals surface area contributed by atoms with Crippen molar-refractivity contribution in [3.63, 3.8) is 0 Å². The molecule has 2 amide bonds. The summed E-state index contributed by atoms with van der Waals surface area (Å²) in [6, 6.07) is 3.80. The van der Waals surface area contributed by atoms with Crippen LogP contribution in [0.5, 0.6) is 5.75 Å². The quantitative estimate of drug-likeness (QED) is 0.785. The molecule has 1 aromatic rings. The molecule has 0 unspecified atom stereocenters. The number of ether oxygens (including phenoxy) is 1. The van der Waals surface area contributed by atoms with Gasteiger partial charge in [-0.1, -0.05) is 19.3 Å². The van der Waals surface area contributed by atoms with Crippen molar-refractivity contribution in [1.29, 1.82) is 0 Å². The number of rotatable bonds is 1. The highest BCUT2D eigenvalue weighted by atomic mass is 19.1. The molecular formula is C19H23FN2O3. The van der Waals surface area contributed by atoms with E-state index in [-0.39, 0.29) is 35.6 Å². The van der Waals surface area contributed by atoms with Gasteiger partial charge in [0.05, 0.1) is 18.2 Å². The third-order valence-electron chi connectivity index (χ3n) is 5.77. The van der Waals surface area contributed by atoms with Gasteiger partial charge < -0.3 is 14.5 Å². The molecule has 0 radical (unpaired) electrons. The van der Waals surface area contributed by atoms with Crippen molar-refractivity contribution in [2.45, 2.75) is 44.2 Å². The molecule has 0 aromatic heterocycles. The summed E-state index contributed by atoms with van der Waals surface area (Å²) in [5.41, 5.74) is 0.378. The van der Waals surface area contributed by atoms with Crippen molar-refractivity contribution >= 4 is 11.8 Å². The van der Waals surface area contributed by atoms with E-state index in [1.54, 1.807) is 11.9 Å². The van der Waals surface area contributed by atoms with Crippen LogP contribution in [0.15, 0.2) is 18.2 Å². The van der Waals surface area contributed by atoms with Gasteiger partial charge in [-0.15, -0.1) is 0 Å². The van der Waals surface area contributed by atoms with Gasteiger partial charge in [0.2, 0.25) is 5.91 Å². The normalized spacial score (nSPS) is 26.7. The molecule has 0 bridgehead atoms. The number of carbonyl (C=O) groups excluding carboxylic acids is 2. The molecule has 134 valence electrons. The second-order valence-electron chi connectivity index (χ2n) is 7.36. The molecule has 2 fully saturated rings. The average Bonchev–Trinajstić information content (AvgIpc) is 3.01. The molecule has 0 N–H and O–H groups in total. The Morgan fingerprint density at radius 2 is 1.96 bits per heavy atom. The molecule has 25 heavy (non-hydrogen) atoms. The van der Waals surface area contributed by atoms with Gasteiger partial charge in [-0.25, -0.2) is 4.39 Å². The van der Waals surface area contributed by atoms with E-state index in [9.17, 15) is 14.0 Å². The second-order valence-corrected chi connectivity index (χ2v) is 7.36. The van der Waals surface area contributed by atoms with E-state index in [2.05, 4.69) is 0 Å². The fourth-order valence-corrected chi connectivity index (χ4v) is 4.31. The number of benzene rings is 1. The summed E-state index contributed by atoms with van der Waals surface area (Å²) in [5.74, 6) is -0.0647. The van der Waals surface area contributed by atoms with Crippen LogP contribution in [0.1, 0.15) is 42.5 Å². The topological polar surface area (TPSA) is 49.9 Å². The van der Waals surface area contributed by atoms with Crippen LogP contribution in [0.25, 0.3) is 0 Å². The molecule has 1 saturated carbocycles. The minimum absolute atomic E-state index is 0.0989. The van der Waals surface area contributed by atoms with Gasteiger partial charge in [-0.05, 0) is 25.0 Å². The Labute approximate surface area is 146 Å². The Hall–Kier alpha value is -2.11. The van der Waals surface area contributed by atoms with Crippen LogP contribution in [0.4, 0.5) is 4.39 Å². The Balaban J connectivity index is 1.56. The Bertz CT molecular complexity index is 702. The monoisotopic (exact) mass is 346 g/mol. The van der Waals surface area contributed by atoms with Crippen molar-refractivity contribution in [3.05, 3.63) is 29.6 Å². The predicted octanol–water partition coefficient (Wildman–Crippen LogP) is 2.45. The van der Waals surface area contributed by atoms with Crippen molar-refractivity contribution < 1.29 is 18.7 Å². The number of likely N-dealkylation sites (N-methyl/N-ethyl adjacent to an activating group) is 1. The molecule has 1 saturated heterocycles. The van der Waals surface area contributed by atoms with Crippen molar-refractivity contribution in [1.82, 2.24) is 9.80 Å². The highest BCUT2D eigenvalue weighted by Crippen LogP contribution is 2.33. The summed E-state index contributed by atoms with van der Waals surface area (Å²) in [7, 11) is 1.73. The first kappa shape index (κ1) is 16.4. The Morgan fingerprint density at radius 3 is 2.72 bits per heavy atom. The number of hydrogen-bond acceptors (Lipinski definition) is 3. The summed E-state index contributed by atoms with van der Waals surface area (Å²) >= 11 is 0. The van der Waals surface area contributed by atoms with Gasteiger partial charge in [0, 0.05) is 25.6 Å². The van der Waals surface area contributed by atoms with E-state index >= 15 is 0 Å². The molecule has 6 heteroatoms. The largest absolute Gasteiger partial charge is 0.485 e. The summed E-state index contributed by atoms with van der Waals surface area (Å²) in [6.45, 7) is 0.937. The zero-order valence-electron chi connectivity index (χ0n) is 14.4. The van der Waals surface area contributed by atoms with Crippen molar-refractivity contribution in [2.75, 3.05) is 20.1 Å². The maximum absolute atomic E-state index is 13.6. The molecule has 2 atom stereocenters. The van der Waals surface area contributed by atoms with Crippen LogP contribution in [-0.2, 0) is 4.79 Å². The highest BCUT2D eigenvalue weighted by molar-refractivity contribution is 5.97. The van der Waals surface area contributed by atoms with Crippen LogP contribution in [0.3, 0.4) is 0 Å². The lowest BCUT2D eigenvalue weighted by atomic mass is 9.88. The minimum atomic E-state index is -0.430. The van der Waals surface area contributed by atoms with Crippen LogP contribution >= 0.6 is 0 Å². The number of nitrogens with zero attached hydrogens (tertiary/aromatic N) is 2. The Kier molecular flexibility index (Phi) is 4.13. The first-order chi connectivity index (χ1) is 12.0. The SMILES string of the molecule is CN1C(=O)c2ccc(F)cc2O[C@H]2CN(C(=O)C3CCCCC3)C[C@H]21. The third-order valence-corrected chi connectivity index (χ3v) is 5.77. The molecule has 0 spiro atoms. The van der Waals surface area contributed by atoms with E-state index in [4.69, 9.17) is 4.74 Å². The van der Waals surface area contributed by atoms with Gasteiger partial charge in [-0.2, -0.15) is 0 Å². The smallest absolute Gasteiger partial charge is 0.257 e. The third kappa shape index (κ3) is 2.87. The molecule has 3 aliphatic rings. The molecule has 1 aliphatic carbocycles. The lowest BCUT2D eigenvalue weighted by Crippen LogP contribution is -2.44. The molecular weight excluding hydrogens is 323 g/mol. The van der Waals surface area contributed by atoms with E-state index < -0.39 is 5.82 Å². The van der Waals surface area contributed by atoms with Crippen LogP contribution < -0.4 is 4.74 Å². The standard InChI is InChI=1S/C19H23FN2O3/c1-21-15-10-22(18(23)12-5-3-2-4-6-12)11-17(15)25-16-9-13(20)7-8-14(16)19(21)24/h7-9,12,15,17H,2-6,10-11H2,1H3/t15-,17+/m1/s1. The summed E-state index contributed by atoms with van der Waals surface area (Å²) in [5, 5.41) is 0. The first-order valence-corrected chi connectivity index (χ1v) is 9.07. The van der Waals surface area contributed by atoms with Crippen molar-refractivity contribution in [3.8, 4) is 5.75 Å². The van der Waals surface area contributed by atoms with Crippen LogP contribution in [0, 0.1) is 11.7 Å². The fourth-order valence-electron chi connectivity index (χ4n) is 4.31. The van der Waals surface area contributed by atoms with Crippen molar-refractivity contribution in [2.24, 2.45) is 5.92 Å². The molecule has 5 nitrogen and oxygen atoms in total. The lowest BCUT2D eigenvalue weighted by Gasteiger charge is -2.27. The maximum atomic E-state index is 13.6. The zero-order valence-corrected chi connectivity index (χ0v) is 14.4. The van der Waals surface area contributed by atoms with E-state index in [0.29, 0.717) is 18.7 Å². The number of amides is 2. The average molecular weight is 346 g/mol. The summed E-state index contributed by atoms with van der Waals surface area (Å²) in [4.78, 5) is 29.0. The number of fused-ring (bicyclic) bond motifs is 2. The predicted molar refractivity (Wildman–Crippen MR) is 89.9 cm³/mol. The van der Waals surface area contributed by atoms with E-state index in [1.807, 2.05) is 4.90 Å².